The molecule has 0 spiro atoms. The average molecular weight is 561 g/mol. The van der Waals surface area contributed by atoms with Crippen LogP contribution in [-0.2, 0) is 27.3 Å². The van der Waals surface area contributed by atoms with Gasteiger partial charge in [-0.2, -0.15) is 0 Å². The van der Waals surface area contributed by atoms with Gasteiger partial charge in [0.15, 0.2) is 5.03 Å². The highest BCUT2D eigenvalue weighted by Gasteiger charge is 2.27. The fourth-order valence-corrected chi connectivity index (χ4v) is 4.22. The molecule has 12 nitrogen and oxygen atoms in total. The van der Waals surface area contributed by atoms with Crippen molar-refractivity contribution < 1.29 is 24.5 Å². The van der Waals surface area contributed by atoms with Gasteiger partial charge in [-0.1, -0.05) is 84.9 Å². The maximum absolute atomic E-state index is 13.7. The van der Waals surface area contributed by atoms with Crippen molar-refractivity contribution in [2.75, 3.05) is 6.54 Å². The van der Waals surface area contributed by atoms with Crippen LogP contribution in [0.25, 0.3) is 0 Å². The van der Waals surface area contributed by atoms with E-state index in [-0.39, 0.29) is 37.8 Å². The van der Waals surface area contributed by atoms with E-state index in [1.165, 1.54) is 0 Å². The van der Waals surface area contributed by atoms with Crippen LogP contribution >= 0.6 is 0 Å². The van der Waals surface area contributed by atoms with E-state index in [2.05, 4.69) is 21.1 Å². The van der Waals surface area contributed by atoms with Crippen LogP contribution in [0.5, 0.6) is 0 Å². The lowest BCUT2D eigenvalue weighted by Gasteiger charge is -2.23. The quantitative estimate of drug-likeness (QED) is 0.0651. The Hall–Kier alpha value is -5.26. The molecule has 3 aromatic carbocycles. The molecule has 0 bridgehead atoms. The molecule has 3 aromatic rings. The number of benzene rings is 3. The minimum Gasteiger partial charge on any atom is -0.481 e. The standard InChI is InChI=1S/C29H32N6O6/c30-29(34-35(40)41)31-17-7-12-24(27(38)32-19-21-15-13-20(14-16-21)18-25(36)37)33-28(39)26(22-8-3-1-4-9-22)23-10-5-2-6-11-23/h1-6,8-11,13-16,24,26H,7,12,17-19H2,(H,32,38)(H,33,39)(H,36,37)(H3,30,31,34)/t24-/m1/s1. The largest absolute Gasteiger partial charge is 0.481 e. The lowest BCUT2D eigenvalue weighted by atomic mass is 9.90. The van der Waals surface area contributed by atoms with Crippen molar-refractivity contribution in [2.45, 2.75) is 37.8 Å². The van der Waals surface area contributed by atoms with E-state index in [0.29, 0.717) is 12.0 Å². The minimum absolute atomic E-state index is 0.102. The Balaban J connectivity index is 1.73. The number of rotatable bonds is 14. The molecule has 0 aliphatic carbocycles. The maximum atomic E-state index is 13.7. The molecule has 0 saturated carbocycles. The molecule has 0 aliphatic heterocycles. The fraction of sp³-hybridized carbons (Fsp3) is 0.241. The number of amides is 2. The van der Waals surface area contributed by atoms with Crippen LogP contribution in [0.2, 0.25) is 0 Å². The van der Waals surface area contributed by atoms with Crippen LogP contribution in [0.1, 0.15) is 41.0 Å². The van der Waals surface area contributed by atoms with Crippen molar-refractivity contribution in [1.82, 2.24) is 16.0 Å². The highest BCUT2D eigenvalue weighted by molar-refractivity contribution is 5.92. The molecule has 0 saturated heterocycles. The first-order valence-corrected chi connectivity index (χ1v) is 12.9. The molecule has 12 heteroatoms. The number of hydrazone groups is 1. The van der Waals surface area contributed by atoms with Gasteiger partial charge in [-0.25, -0.2) is 10.1 Å². The van der Waals surface area contributed by atoms with Gasteiger partial charge in [0.1, 0.15) is 11.1 Å². The van der Waals surface area contributed by atoms with Gasteiger partial charge in [0.2, 0.25) is 11.8 Å². The Bertz CT molecular complexity index is 1310. The Labute approximate surface area is 236 Å². The van der Waals surface area contributed by atoms with Crippen LogP contribution in [0.3, 0.4) is 0 Å². The van der Waals surface area contributed by atoms with Crippen molar-refractivity contribution in [3.8, 4) is 0 Å². The summed E-state index contributed by atoms with van der Waals surface area (Å²) in [4.78, 5) is 48.3. The number of hydrogen-bond acceptors (Lipinski definition) is 5. The monoisotopic (exact) mass is 560 g/mol. The molecule has 0 radical (unpaired) electrons. The topological polar surface area (TPSA) is 189 Å². The number of nitrogens with one attached hydrogen (secondary N) is 3. The summed E-state index contributed by atoms with van der Waals surface area (Å²) in [6.07, 6.45) is 0.456. The van der Waals surface area contributed by atoms with Crippen LogP contribution in [0.15, 0.2) is 90.0 Å². The van der Waals surface area contributed by atoms with Crippen molar-refractivity contribution >= 4 is 23.7 Å². The van der Waals surface area contributed by atoms with Crippen LogP contribution in [0, 0.1) is 10.1 Å². The summed E-state index contributed by atoms with van der Waals surface area (Å²) in [5.41, 5.74) is 8.39. The zero-order valence-corrected chi connectivity index (χ0v) is 22.2. The summed E-state index contributed by atoms with van der Waals surface area (Å²) < 4.78 is 0. The number of hydrogen-bond donors (Lipinski definition) is 5. The van der Waals surface area contributed by atoms with E-state index in [0.717, 1.165) is 16.7 Å². The Morgan fingerprint density at radius 1 is 0.854 bits per heavy atom. The molecule has 0 unspecified atom stereocenters. The molecule has 41 heavy (non-hydrogen) atoms. The van der Waals surface area contributed by atoms with Gasteiger partial charge in [0.25, 0.3) is 5.96 Å². The van der Waals surface area contributed by atoms with Crippen LogP contribution in [-0.4, -0.2) is 46.5 Å². The number of nitrogens with zero attached hydrogens (tertiary/aromatic N) is 2. The summed E-state index contributed by atoms with van der Waals surface area (Å²) in [7, 11) is 0. The van der Waals surface area contributed by atoms with Gasteiger partial charge in [-0.05, 0) is 35.1 Å². The van der Waals surface area contributed by atoms with Crippen molar-refractivity contribution in [3.63, 3.8) is 0 Å². The normalized spacial score (nSPS) is 11.9. The second-order valence-corrected chi connectivity index (χ2v) is 9.21. The Kier molecular flexibility index (Phi) is 11.3. The van der Waals surface area contributed by atoms with Gasteiger partial charge in [-0.15, -0.1) is 0 Å². The van der Waals surface area contributed by atoms with Gasteiger partial charge in [0, 0.05) is 13.1 Å². The first-order valence-electron chi connectivity index (χ1n) is 12.9. The lowest BCUT2D eigenvalue weighted by molar-refractivity contribution is -0.485. The van der Waals surface area contributed by atoms with Gasteiger partial charge < -0.3 is 26.8 Å². The SMILES string of the molecule is N/C(=N/[N+](=O)[O-])NCCC[C@@H](NC(=O)C(c1ccccc1)c1ccccc1)C(=O)NCc1ccc(CC(=O)O)cc1. The number of carbonyl (C=O) groups is 3. The molecular formula is C29H32N6O6. The van der Waals surface area contributed by atoms with Crippen molar-refractivity contribution in [3.05, 3.63) is 117 Å². The predicted molar refractivity (Wildman–Crippen MR) is 152 cm³/mol. The Morgan fingerprint density at radius 2 is 1.41 bits per heavy atom. The first-order chi connectivity index (χ1) is 19.7. The highest BCUT2D eigenvalue weighted by Crippen LogP contribution is 2.25. The van der Waals surface area contributed by atoms with Gasteiger partial charge in [-0.3, -0.25) is 14.4 Å². The number of guanidine groups is 1. The summed E-state index contributed by atoms with van der Waals surface area (Å²) in [5, 5.41) is 29.8. The van der Waals surface area contributed by atoms with E-state index < -0.39 is 28.9 Å². The second-order valence-electron chi connectivity index (χ2n) is 9.21. The minimum atomic E-state index is -0.935. The second kappa shape index (κ2) is 15.4. The zero-order chi connectivity index (χ0) is 29.6. The molecule has 3 rings (SSSR count). The van der Waals surface area contributed by atoms with Crippen molar-refractivity contribution in [2.24, 2.45) is 10.8 Å². The molecule has 0 aromatic heterocycles. The van der Waals surface area contributed by atoms with Gasteiger partial charge >= 0.3 is 5.97 Å². The molecule has 1 atom stereocenters. The van der Waals surface area contributed by atoms with E-state index in [4.69, 9.17) is 10.8 Å². The third-order valence-corrected chi connectivity index (χ3v) is 6.17. The molecule has 214 valence electrons. The molecular weight excluding hydrogens is 528 g/mol. The van der Waals surface area contributed by atoms with E-state index in [1.807, 2.05) is 60.7 Å². The third kappa shape index (κ3) is 10.1. The van der Waals surface area contributed by atoms with Crippen LogP contribution < -0.4 is 21.7 Å². The van der Waals surface area contributed by atoms with E-state index >= 15 is 0 Å². The molecule has 6 N–H and O–H groups in total. The van der Waals surface area contributed by atoms with Crippen LogP contribution in [0.4, 0.5) is 0 Å². The summed E-state index contributed by atoms with van der Waals surface area (Å²) in [5.74, 6) is -2.73. The van der Waals surface area contributed by atoms with Gasteiger partial charge in [0.05, 0.1) is 12.3 Å². The number of aliphatic carboxylic acids is 1. The zero-order valence-electron chi connectivity index (χ0n) is 22.2. The summed E-state index contributed by atoms with van der Waals surface area (Å²) in [6, 6.07) is 24.4. The highest BCUT2D eigenvalue weighted by atomic mass is 16.7. The number of nitro groups is 1. The smallest absolute Gasteiger partial charge is 0.307 e. The number of carboxylic acids is 1. The summed E-state index contributed by atoms with van der Waals surface area (Å²) >= 11 is 0. The molecule has 0 fully saturated rings. The van der Waals surface area contributed by atoms with Crippen molar-refractivity contribution in [1.29, 1.82) is 0 Å². The molecule has 0 heterocycles. The first kappa shape index (κ1) is 30.3. The number of nitrogens with two attached hydrogens (primary N) is 1. The van der Waals surface area contributed by atoms with E-state index in [9.17, 15) is 24.5 Å². The lowest BCUT2D eigenvalue weighted by Crippen LogP contribution is -2.48. The molecule has 2 amide bonds. The van der Waals surface area contributed by atoms with E-state index in [1.54, 1.807) is 24.3 Å². The fourth-order valence-electron chi connectivity index (χ4n) is 4.22. The summed E-state index contributed by atoms with van der Waals surface area (Å²) in [6.45, 7) is 0.356. The number of carbonyl (C=O) groups excluding carboxylic acids is 2. The predicted octanol–water partition coefficient (Wildman–Crippen LogP) is 2.12. The number of carboxylic acid groups (broad SMARTS) is 1. The average Bonchev–Trinajstić information content (AvgIpc) is 2.94. The third-order valence-electron chi connectivity index (χ3n) is 6.17. The Morgan fingerprint density at radius 3 is 1.95 bits per heavy atom. The maximum Gasteiger partial charge on any atom is 0.307 e. The molecule has 0 aliphatic rings.